The Hall–Kier alpha value is -1.29. The number of nitrogens with zero attached hydrogens (tertiary/aromatic N) is 2. The van der Waals surface area contributed by atoms with Crippen LogP contribution in [0.5, 0.6) is 0 Å². The van der Waals surface area contributed by atoms with E-state index in [4.69, 9.17) is 5.10 Å². The number of hydrogen-bond donors (Lipinski definition) is 1. The molecule has 3 rings (SSSR count). The molecule has 0 aliphatic carbocycles. The van der Waals surface area contributed by atoms with Gasteiger partial charge in [-0.2, -0.15) is 16.4 Å². The number of anilines is 1. The van der Waals surface area contributed by atoms with Crippen molar-refractivity contribution in [3.05, 3.63) is 34.2 Å². The van der Waals surface area contributed by atoms with Crippen molar-refractivity contribution < 1.29 is 0 Å². The van der Waals surface area contributed by atoms with Gasteiger partial charge in [0.15, 0.2) is 0 Å². The van der Waals surface area contributed by atoms with E-state index in [1.165, 1.54) is 17.1 Å². The average Bonchev–Trinajstić information content (AvgIpc) is 3.05. The predicted octanol–water partition coefficient (Wildman–Crippen LogP) is 4.57. The van der Waals surface area contributed by atoms with Gasteiger partial charge in [0.1, 0.15) is 5.82 Å². The second-order valence-corrected chi connectivity index (χ2v) is 8.00. The molecular weight excluding hydrogens is 278 g/mol. The number of fused-ring (bicyclic) bond motifs is 1. The van der Waals surface area contributed by atoms with Gasteiger partial charge < -0.3 is 5.32 Å². The van der Waals surface area contributed by atoms with Crippen LogP contribution in [0.15, 0.2) is 22.9 Å². The summed E-state index contributed by atoms with van der Waals surface area (Å²) >= 11 is 1.77. The molecule has 1 aliphatic rings. The Bertz CT molecular complexity index is 592. The fraction of sp³-hybridized carbons (Fsp3) is 0.588. The number of hydrogen-bond acceptors (Lipinski definition) is 3. The van der Waals surface area contributed by atoms with E-state index in [2.05, 4.69) is 60.6 Å². The van der Waals surface area contributed by atoms with Gasteiger partial charge in [-0.25, -0.2) is 4.68 Å². The normalized spacial score (nSPS) is 19.9. The Morgan fingerprint density at radius 3 is 2.95 bits per heavy atom. The first kappa shape index (κ1) is 14.6. The highest BCUT2D eigenvalue weighted by Crippen LogP contribution is 2.33. The molecule has 0 radical (unpaired) electrons. The van der Waals surface area contributed by atoms with E-state index in [1.54, 1.807) is 11.3 Å². The average molecular weight is 303 g/mol. The van der Waals surface area contributed by atoms with Gasteiger partial charge in [0.05, 0.1) is 11.7 Å². The molecule has 0 fully saturated rings. The van der Waals surface area contributed by atoms with E-state index in [0.29, 0.717) is 17.4 Å². The van der Waals surface area contributed by atoms with E-state index in [-0.39, 0.29) is 0 Å². The third kappa shape index (κ3) is 3.00. The van der Waals surface area contributed by atoms with Crippen molar-refractivity contribution in [1.29, 1.82) is 0 Å². The van der Waals surface area contributed by atoms with Crippen LogP contribution in [0.25, 0.3) is 0 Å². The zero-order valence-corrected chi connectivity index (χ0v) is 14.2. The molecule has 21 heavy (non-hydrogen) atoms. The molecule has 3 nitrogen and oxygen atoms in total. The van der Waals surface area contributed by atoms with Crippen molar-refractivity contribution in [2.45, 2.75) is 46.6 Å². The first-order chi connectivity index (χ1) is 9.95. The van der Waals surface area contributed by atoms with Gasteiger partial charge in [-0.15, -0.1) is 0 Å². The monoisotopic (exact) mass is 303 g/mol. The fourth-order valence-electron chi connectivity index (χ4n) is 2.77. The van der Waals surface area contributed by atoms with Crippen LogP contribution in [0.1, 0.15) is 51.4 Å². The zero-order chi connectivity index (χ0) is 15.0. The van der Waals surface area contributed by atoms with Crippen LogP contribution >= 0.6 is 11.3 Å². The van der Waals surface area contributed by atoms with E-state index in [1.807, 2.05) is 0 Å². The highest BCUT2D eigenvalue weighted by molar-refractivity contribution is 7.07. The molecule has 1 N–H and O–H groups in total. The van der Waals surface area contributed by atoms with Gasteiger partial charge in [0, 0.05) is 12.6 Å². The third-order valence-electron chi connectivity index (χ3n) is 4.73. The molecule has 0 spiro atoms. The second-order valence-electron chi connectivity index (χ2n) is 7.22. The number of aromatic nitrogens is 2. The maximum atomic E-state index is 4.90. The van der Waals surface area contributed by atoms with Crippen LogP contribution in [0.2, 0.25) is 0 Å². The van der Waals surface area contributed by atoms with Gasteiger partial charge >= 0.3 is 0 Å². The lowest BCUT2D eigenvalue weighted by molar-refractivity contribution is 0.258. The van der Waals surface area contributed by atoms with Crippen LogP contribution in [-0.2, 0) is 6.42 Å². The second kappa shape index (κ2) is 5.48. The zero-order valence-electron chi connectivity index (χ0n) is 13.4. The molecule has 0 saturated heterocycles. The van der Waals surface area contributed by atoms with Crippen LogP contribution in [0, 0.1) is 11.3 Å². The van der Waals surface area contributed by atoms with Crippen molar-refractivity contribution >= 4 is 17.2 Å². The standard InChI is InChI=1S/C17H25N3S/c1-12(17(2,3)4)9-14-10-16-18-7-5-15(20(16)19-14)13-6-8-21-11-13/h6,8,10-12,15,18H,5,7,9H2,1-4H3. The van der Waals surface area contributed by atoms with Gasteiger partial charge in [0.2, 0.25) is 0 Å². The van der Waals surface area contributed by atoms with Crippen molar-refractivity contribution in [2.24, 2.45) is 11.3 Å². The Labute approximate surface area is 131 Å². The summed E-state index contributed by atoms with van der Waals surface area (Å²) in [4.78, 5) is 0. The molecular formula is C17H25N3S. The topological polar surface area (TPSA) is 29.9 Å². The van der Waals surface area contributed by atoms with Gasteiger partial charge in [-0.05, 0) is 46.6 Å². The summed E-state index contributed by atoms with van der Waals surface area (Å²) in [6, 6.07) is 4.86. The van der Waals surface area contributed by atoms with Gasteiger partial charge in [0.25, 0.3) is 0 Å². The minimum absolute atomic E-state index is 0.324. The van der Waals surface area contributed by atoms with E-state index in [0.717, 1.165) is 19.4 Å². The maximum Gasteiger partial charge on any atom is 0.125 e. The number of nitrogens with one attached hydrogen (secondary N) is 1. The Balaban J connectivity index is 1.85. The molecule has 3 heterocycles. The Kier molecular flexibility index (Phi) is 3.82. The molecule has 1 aliphatic heterocycles. The first-order valence-electron chi connectivity index (χ1n) is 7.79. The summed E-state index contributed by atoms with van der Waals surface area (Å²) in [5.41, 5.74) is 2.92. The molecule has 114 valence electrons. The van der Waals surface area contributed by atoms with Gasteiger partial charge in [-0.1, -0.05) is 27.7 Å². The molecule has 2 atom stereocenters. The van der Waals surface area contributed by atoms with Crippen LogP contribution < -0.4 is 5.32 Å². The summed E-state index contributed by atoms with van der Waals surface area (Å²) in [5.74, 6) is 1.79. The van der Waals surface area contributed by atoms with Gasteiger partial charge in [-0.3, -0.25) is 0 Å². The van der Waals surface area contributed by atoms with E-state index >= 15 is 0 Å². The smallest absolute Gasteiger partial charge is 0.125 e. The molecule has 0 amide bonds. The predicted molar refractivity (Wildman–Crippen MR) is 90.1 cm³/mol. The SMILES string of the molecule is CC(Cc1cc2n(n1)C(c1ccsc1)CCN2)C(C)(C)C. The van der Waals surface area contributed by atoms with Crippen molar-refractivity contribution in [3.8, 4) is 0 Å². The molecule has 2 unspecified atom stereocenters. The van der Waals surface area contributed by atoms with E-state index < -0.39 is 0 Å². The maximum absolute atomic E-state index is 4.90. The molecule has 4 heteroatoms. The Morgan fingerprint density at radius 2 is 2.29 bits per heavy atom. The molecule has 2 aromatic heterocycles. The minimum Gasteiger partial charge on any atom is -0.370 e. The molecule has 0 aromatic carbocycles. The molecule has 0 bridgehead atoms. The highest BCUT2D eigenvalue weighted by Gasteiger charge is 2.26. The van der Waals surface area contributed by atoms with Crippen LogP contribution in [0.4, 0.5) is 5.82 Å². The van der Waals surface area contributed by atoms with Crippen molar-refractivity contribution in [2.75, 3.05) is 11.9 Å². The van der Waals surface area contributed by atoms with Crippen molar-refractivity contribution in [1.82, 2.24) is 9.78 Å². The first-order valence-corrected chi connectivity index (χ1v) is 8.74. The lowest BCUT2D eigenvalue weighted by Gasteiger charge is -2.26. The summed E-state index contributed by atoms with van der Waals surface area (Å²) < 4.78 is 2.19. The molecule has 2 aromatic rings. The summed E-state index contributed by atoms with van der Waals surface area (Å²) in [6.45, 7) is 10.3. The summed E-state index contributed by atoms with van der Waals surface area (Å²) in [6.07, 6.45) is 2.15. The third-order valence-corrected chi connectivity index (χ3v) is 5.43. The van der Waals surface area contributed by atoms with Crippen LogP contribution in [-0.4, -0.2) is 16.3 Å². The fourth-order valence-corrected chi connectivity index (χ4v) is 3.47. The quantitative estimate of drug-likeness (QED) is 0.900. The minimum atomic E-state index is 0.324. The van der Waals surface area contributed by atoms with Crippen LogP contribution in [0.3, 0.4) is 0 Å². The largest absolute Gasteiger partial charge is 0.370 e. The summed E-state index contributed by atoms with van der Waals surface area (Å²) in [7, 11) is 0. The van der Waals surface area contributed by atoms with E-state index in [9.17, 15) is 0 Å². The molecule has 0 saturated carbocycles. The number of thiophene rings is 1. The lowest BCUT2D eigenvalue weighted by atomic mass is 9.79. The summed E-state index contributed by atoms with van der Waals surface area (Å²) in [5, 5.41) is 12.8. The Morgan fingerprint density at radius 1 is 1.48 bits per heavy atom. The van der Waals surface area contributed by atoms with Crippen molar-refractivity contribution in [3.63, 3.8) is 0 Å². The highest BCUT2D eigenvalue weighted by atomic mass is 32.1. The number of rotatable bonds is 3. The lowest BCUT2D eigenvalue weighted by Crippen LogP contribution is -2.24.